The van der Waals surface area contributed by atoms with E-state index in [1.807, 2.05) is 27.7 Å². The number of fused-ring (bicyclic) bond motifs is 7. The van der Waals surface area contributed by atoms with Crippen LogP contribution in [0.5, 0.6) is 0 Å². The lowest BCUT2D eigenvalue weighted by atomic mass is 9.33. The molecule has 22 N–H and O–H groups in total. The van der Waals surface area contributed by atoms with Crippen LogP contribution in [-0.2, 0) is 109 Å². The average molecular weight is 1990 g/mol. The number of allylic oxidation sites excluding steroid dienone is 2. The van der Waals surface area contributed by atoms with Crippen molar-refractivity contribution in [1.82, 2.24) is 0 Å². The number of rotatable bonds is 34. The molecule has 45 heteroatoms. The van der Waals surface area contributed by atoms with Gasteiger partial charge in [-0.3, -0.25) is 14.4 Å². The van der Waals surface area contributed by atoms with E-state index in [1.54, 1.807) is 27.7 Å². The molecule has 4 saturated carbocycles. The van der Waals surface area contributed by atoms with E-state index in [-0.39, 0.29) is 50.5 Å². The molecule has 0 bridgehead atoms. The van der Waals surface area contributed by atoms with Gasteiger partial charge in [0.2, 0.25) is 12.1 Å². The second-order valence-corrected chi connectivity index (χ2v) is 42.8. The molecule has 13 rings (SSSR count). The monoisotopic (exact) mass is 1990 g/mol. The quantitative estimate of drug-likeness (QED) is 0.00724. The highest BCUT2D eigenvalue weighted by Crippen LogP contribution is 2.76. The van der Waals surface area contributed by atoms with Crippen LogP contribution in [0.15, 0.2) is 11.6 Å². The summed E-state index contributed by atoms with van der Waals surface area (Å²) < 4.78 is 109. The standard InChI is InChI=1S/C93H150O45/c1-14-37(4)49(127-56(102)27-42(97)26-50(38(5)15-2)138-93(120)36-124-48(16-3)77(93)116)25-41(96)28-57(103)130-71-40(7)126-84(75(67(71)113)135-82-66(112)62(108)70(39(6)125-82)131-81-69(115)72(47(100)34-123-81)132-79-63(109)58(104)45(98)32-121-79)137-86(119)92-24-23-87(8,9)29-44(92)43-17-18-53-88(10)21-20-55(89(11,35-95)52(88)19-22-90(53,12)91(43,13)30-54(92)101)129-85-76(136-83-65(111)61(107)60(106)51(31-94)128-83)73(68(114)74(134-85)78(117)118)133-80-64(110)59(105)46(99)33-122-80/h17,35,37-42,44-55,58-77,79-85,94,96-101,104-116,120H,14-16,18-34,36H2,1-13H3,(H,117,118)/t37-,38-,39?,40?,41-,42-,44?,45?,46+,47?,48-,49-,50-,51?,52?,53?,54+,55-,58-,59-,60-,61-,62?,63?,64?,65?,66-,67?,68-,69?,70-,71+,72-,73-,74?,75+,76?,77?,79-,80-,81-,82-,83-,84-,85+,88-,89-,90+,91+,92+,93?/m0/s1. The largest absolute Gasteiger partial charge is 0.479 e. The van der Waals surface area contributed by atoms with Gasteiger partial charge in [-0.05, 0) is 129 Å². The topological polar surface area (TPSA) is 697 Å². The summed E-state index contributed by atoms with van der Waals surface area (Å²) in [6.45, 7) is 20.8. The lowest BCUT2D eigenvalue weighted by molar-refractivity contribution is -0.391. The van der Waals surface area contributed by atoms with Gasteiger partial charge >= 0.3 is 23.9 Å². The van der Waals surface area contributed by atoms with Crippen molar-refractivity contribution in [2.75, 3.05) is 33.0 Å². The van der Waals surface area contributed by atoms with Crippen molar-refractivity contribution in [3.63, 3.8) is 0 Å². The van der Waals surface area contributed by atoms with Crippen molar-refractivity contribution in [2.24, 2.45) is 62.1 Å². The Hall–Kier alpha value is -4.15. The Kier molecular flexibility index (Phi) is 35.5. The van der Waals surface area contributed by atoms with Crippen molar-refractivity contribution in [1.29, 1.82) is 0 Å². The predicted octanol–water partition coefficient (Wildman–Crippen LogP) is -4.27. The Bertz CT molecular complexity index is 4100. The van der Waals surface area contributed by atoms with E-state index in [0.29, 0.717) is 57.8 Å². The molecule has 0 spiro atoms. The Morgan fingerprint density at radius 2 is 1.05 bits per heavy atom. The van der Waals surface area contributed by atoms with Gasteiger partial charge in [-0.2, -0.15) is 0 Å². The van der Waals surface area contributed by atoms with E-state index >= 15 is 4.79 Å². The second kappa shape index (κ2) is 44.1. The molecule has 45 nitrogen and oxygen atoms in total. The molecule has 18 unspecified atom stereocenters. The summed E-state index contributed by atoms with van der Waals surface area (Å²) in [5.74, 6) is -9.28. The summed E-state index contributed by atoms with van der Waals surface area (Å²) in [4.78, 5) is 72.1. The van der Waals surface area contributed by atoms with E-state index in [0.717, 1.165) is 11.9 Å². The number of esters is 3. The maximum atomic E-state index is 16.4. The van der Waals surface area contributed by atoms with E-state index in [9.17, 15) is 132 Å². The van der Waals surface area contributed by atoms with Gasteiger partial charge in [0.15, 0.2) is 56.1 Å². The fourth-order valence-electron chi connectivity index (χ4n) is 24.4. The second-order valence-electron chi connectivity index (χ2n) is 42.8. The number of carboxylic acids is 1. The Labute approximate surface area is 799 Å². The lowest BCUT2D eigenvalue weighted by Crippen LogP contribution is -2.69. The number of hydrogen-bond donors (Lipinski definition) is 22. The number of ether oxygens (including phenoxy) is 18. The maximum Gasteiger partial charge on any atom is 0.335 e. The minimum Gasteiger partial charge on any atom is -0.479 e. The molecule has 0 aromatic carbocycles. The molecule has 138 heavy (non-hydrogen) atoms. The van der Waals surface area contributed by atoms with E-state index < -0.39 is 365 Å². The zero-order chi connectivity index (χ0) is 101. The fraction of sp³-hybridized carbons (Fsp3) is 0.925. The highest BCUT2D eigenvalue weighted by atomic mass is 16.8. The summed E-state index contributed by atoms with van der Waals surface area (Å²) in [6.07, 6.45) is -65.7. The molecule has 8 saturated heterocycles. The summed E-state index contributed by atoms with van der Waals surface area (Å²) in [6, 6.07) is 0. The maximum absolute atomic E-state index is 16.4. The number of carboxylic acid groups (broad SMARTS) is 1. The normalized spacial score (nSPS) is 48.8. The van der Waals surface area contributed by atoms with Crippen LogP contribution in [0.25, 0.3) is 0 Å². The molecule has 5 aliphatic carbocycles. The van der Waals surface area contributed by atoms with Crippen LogP contribution in [0.2, 0.25) is 0 Å². The third-order valence-corrected chi connectivity index (χ3v) is 33.4. The molecular weight excluding hydrogens is 1840 g/mol. The van der Waals surface area contributed by atoms with Gasteiger partial charge in [0, 0.05) is 12.8 Å². The van der Waals surface area contributed by atoms with Gasteiger partial charge in [-0.25, -0.2) is 4.79 Å². The molecule has 0 aromatic heterocycles. The summed E-state index contributed by atoms with van der Waals surface area (Å²) in [7, 11) is 0. The van der Waals surface area contributed by atoms with Crippen LogP contribution in [-0.4, -0.2) is 427 Å². The minimum atomic E-state index is -2.26. The highest BCUT2D eigenvalue weighted by Gasteiger charge is 2.74. The van der Waals surface area contributed by atoms with Crippen LogP contribution in [0.4, 0.5) is 0 Å². The smallest absolute Gasteiger partial charge is 0.335 e. The first kappa shape index (κ1) is 111. The van der Waals surface area contributed by atoms with Gasteiger partial charge in [0.25, 0.3) is 0 Å². The first-order chi connectivity index (χ1) is 64.7. The fourth-order valence-corrected chi connectivity index (χ4v) is 24.4. The van der Waals surface area contributed by atoms with Crippen molar-refractivity contribution < 1.29 is 222 Å². The molecule has 0 aromatic rings. The number of aldehydes is 1. The number of carbonyl (C=O) groups is 5. The van der Waals surface area contributed by atoms with Crippen molar-refractivity contribution >= 4 is 30.2 Å². The molecule has 12 fully saturated rings. The van der Waals surface area contributed by atoms with Crippen molar-refractivity contribution in [3.8, 4) is 0 Å². The first-order valence-electron chi connectivity index (χ1n) is 48.7. The van der Waals surface area contributed by atoms with Gasteiger partial charge in [0.05, 0.1) is 93.5 Å². The Morgan fingerprint density at radius 3 is 1.65 bits per heavy atom. The van der Waals surface area contributed by atoms with E-state index in [4.69, 9.17) is 85.3 Å². The third-order valence-electron chi connectivity index (χ3n) is 33.4. The number of aliphatic hydroxyl groups excluding tert-OH is 20. The molecule has 8 aliphatic heterocycles. The summed E-state index contributed by atoms with van der Waals surface area (Å²) in [5.41, 5.74) is -5.50. The average Bonchev–Trinajstić information content (AvgIpc) is 0.690. The van der Waals surface area contributed by atoms with E-state index in [1.165, 1.54) is 13.8 Å². The van der Waals surface area contributed by atoms with E-state index in [2.05, 4.69) is 26.8 Å². The van der Waals surface area contributed by atoms with Crippen molar-refractivity contribution in [3.05, 3.63) is 11.6 Å². The molecule has 51 atom stereocenters. The third kappa shape index (κ3) is 21.5. The highest BCUT2D eigenvalue weighted by molar-refractivity contribution is 5.80. The molecule has 0 amide bonds. The molecule has 792 valence electrons. The number of carbonyl (C=O) groups excluding carboxylic acids is 4. The van der Waals surface area contributed by atoms with Crippen LogP contribution in [0, 0.1) is 62.1 Å². The number of aliphatic hydroxyl groups is 21. The molecule has 13 aliphatic rings. The predicted molar refractivity (Wildman–Crippen MR) is 461 cm³/mol. The molecular formula is C93H150O45. The summed E-state index contributed by atoms with van der Waals surface area (Å²) >= 11 is 0. The van der Waals surface area contributed by atoms with Crippen LogP contribution >= 0.6 is 0 Å². The zero-order valence-electron chi connectivity index (χ0n) is 80.2. The van der Waals surface area contributed by atoms with Crippen LogP contribution in [0.3, 0.4) is 0 Å². The minimum absolute atomic E-state index is 0.0177. The van der Waals surface area contributed by atoms with Gasteiger partial charge in [0.1, 0.15) is 153 Å². The first-order valence-corrected chi connectivity index (χ1v) is 48.7. The summed E-state index contributed by atoms with van der Waals surface area (Å²) in [5, 5.41) is 248. The number of aliphatic carboxylic acids is 1. The van der Waals surface area contributed by atoms with Crippen LogP contribution < -0.4 is 0 Å². The Balaban J connectivity index is 0.749. The molecule has 8 heterocycles. The van der Waals surface area contributed by atoms with Gasteiger partial charge in [-0.1, -0.05) is 101 Å². The number of hydrogen-bond acceptors (Lipinski definition) is 44. The SMILES string of the molecule is CC[C@@H]1OCC(O)(O[C@@H](C[C@H](O)CC(=O)O[C@@H](C[C@H](O)CC(=O)O[C@@H]2C(C)O[C@@H](OC(=O)[C@]34CCC(C)(C)CC3C3=CCC5[C@@]6(C)CC[C@H](O[C@@H]7OC(C(=O)O)[C@@H](O)[C@H](O[C@@H]8OC[C@@H](O)[C@H](O)C8O)C7O[C@@H]7OC(CO)[C@H](O)[C@H](O)C7O)[C@@](C)(C=O)C6CC[C@@]5(C)[C@]3(C)C[C@H]4O)[C@H](O[C@@H]3OC(C)[C@H](O[C@@H]4OCC(O)[C@H](O[C@@H]5OCC(O)[C@H](O)C5O)C4O)C(O)[C@@H]3O)C2O)[C@@H](C)CC)[C@@H](C)CC)C1O. The van der Waals surface area contributed by atoms with Gasteiger partial charge in [-0.15, -0.1) is 0 Å². The molecule has 0 radical (unpaired) electrons. The lowest BCUT2D eigenvalue weighted by Gasteiger charge is -2.71. The zero-order valence-corrected chi connectivity index (χ0v) is 80.2. The van der Waals surface area contributed by atoms with Crippen molar-refractivity contribution in [2.45, 2.75) is 444 Å². The van der Waals surface area contributed by atoms with Gasteiger partial charge < -0.3 is 202 Å². The van der Waals surface area contributed by atoms with Crippen LogP contribution in [0.1, 0.15) is 193 Å². The Morgan fingerprint density at radius 1 is 0.507 bits per heavy atom.